The molecule has 0 aromatic heterocycles. The fourth-order valence-electron chi connectivity index (χ4n) is 5.38. The molecule has 0 heterocycles. The number of hydrogen-bond donors (Lipinski definition) is 1. The minimum Gasteiger partial charge on any atom is -0.467 e. The van der Waals surface area contributed by atoms with Crippen molar-refractivity contribution in [2.45, 2.75) is 97.0 Å². The van der Waals surface area contributed by atoms with Gasteiger partial charge in [0.2, 0.25) is 0 Å². The molecule has 2 aromatic rings. The third kappa shape index (κ3) is 10.8. The molecule has 0 radical (unpaired) electrons. The van der Waals surface area contributed by atoms with E-state index in [1.54, 1.807) is 11.8 Å². The highest BCUT2D eigenvalue weighted by Crippen LogP contribution is 2.31. The molecule has 0 spiro atoms. The van der Waals surface area contributed by atoms with Gasteiger partial charge in [-0.25, -0.2) is 4.79 Å². The highest BCUT2D eigenvalue weighted by atomic mass is 32.2. The molecule has 1 fully saturated rings. The molecule has 1 amide bonds. The molecule has 1 N–H and O–H groups in total. The number of methoxy groups -OCH3 is 1. The lowest BCUT2D eigenvalue weighted by Gasteiger charge is -2.29. The van der Waals surface area contributed by atoms with Gasteiger partial charge in [0, 0.05) is 5.56 Å². The van der Waals surface area contributed by atoms with Gasteiger partial charge in [0.25, 0.3) is 5.91 Å². The minimum absolute atomic E-state index is 0.0134. The monoisotopic (exact) mass is 583 g/mol. The number of carbonyl (C=O) groups excluding carboxylic acids is 2. The summed E-state index contributed by atoms with van der Waals surface area (Å²) in [7, 11) is 1.35. The van der Waals surface area contributed by atoms with Crippen molar-refractivity contribution >= 4 is 23.6 Å². The molecule has 1 aliphatic carbocycles. The average Bonchev–Trinajstić information content (AvgIpc) is 2.96. The van der Waals surface area contributed by atoms with Gasteiger partial charge in [0.1, 0.15) is 6.04 Å². The number of aryl methyl sites for hydroxylation is 1. The lowest BCUT2D eigenvalue weighted by atomic mass is 9.85. The van der Waals surface area contributed by atoms with E-state index >= 15 is 0 Å². The van der Waals surface area contributed by atoms with E-state index in [2.05, 4.69) is 32.2 Å². The van der Waals surface area contributed by atoms with E-state index in [1.807, 2.05) is 49.6 Å². The number of nitrogens with one attached hydrogen (secondary N) is 1. The van der Waals surface area contributed by atoms with E-state index in [-0.39, 0.29) is 17.6 Å². The van der Waals surface area contributed by atoms with Gasteiger partial charge in [-0.1, -0.05) is 62.4 Å². The molecule has 1 unspecified atom stereocenters. The van der Waals surface area contributed by atoms with Gasteiger partial charge in [-0.3, -0.25) is 4.79 Å². The van der Waals surface area contributed by atoms with Crippen LogP contribution in [0.1, 0.15) is 87.2 Å². The van der Waals surface area contributed by atoms with Crippen LogP contribution in [0, 0.1) is 12.8 Å². The Balaban J connectivity index is 1.84. The van der Waals surface area contributed by atoms with Gasteiger partial charge >= 0.3 is 5.97 Å². The summed E-state index contributed by atoms with van der Waals surface area (Å²) in [5.74, 6) is 0.694. The van der Waals surface area contributed by atoms with Crippen molar-refractivity contribution in [1.82, 2.24) is 5.32 Å². The van der Waals surface area contributed by atoms with Crippen LogP contribution >= 0.6 is 11.8 Å². The van der Waals surface area contributed by atoms with Gasteiger partial charge in [-0.05, 0) is 92.8 Å². The van der Waals surface area contributed by atoms with Gasteiger partial charge in [0.15, 0.2) is 0 Å². The van der Waals surface area contributed by atoms with Crippen LogP contribution in [0.3, 0.4) is 0 Å². The van der Waals surface area contributed by atoms with Crippen LogP contribution in [0.15, 0.2) is 42.5 Å². The first-order valence-corrected chi connectivity index (χ1v) is 16.3. The van der Waals surface area contributed by atoms with Crippen molar-refractivity contribution in [1.29, 1.82) is 0 Å². The Labute approximate surface area is 251 Å². The van der Waals surface area contributed by atoms with Crippen LogP contribution in [-0.4, -0.2) is 55.3 Å². The second-order valence-corrected chi connectivity index (χ2v) is 13.1. The van der Waals surface area contributed by atoms with Crippen molar-refractivity contribution < 1.29 is 23.8 Å². The molecule has 0 aliphatic heterocycles. The normalized spacial score (nSPS) is 15.8. The summed E-state index contributed by atoms with van der Waals surface area (Å²) in [5, 5.41) is 2.92. The number of rotatable bonds is 14. The van der Waals surface area contributed by atoms with Crippen molar-refractivity contribution in [2.24, 2.45) is 5.92 Å². The number of hydrogen-bond acceptors (Lipinski definition) is 6. The number of thioether (sulfide) groups is 1. The molecule has 0 saturated heterocycles. The summed E-state index contributed by atoms with van der Waals surface area (Å²) in [6.07, 6.45) is 9.96. The van der Waals surface area contributed by atoms with Crippen LogP contribution in [-0.2, 0) is 25.6 Å². The topological polar surface area (TPSA) is 73.9 Å². The minimum atomic E-state index is -0.698. The van der Waals surface area contributed by atoms with Crippen molar-refractivity contribution in [3.8, 4) is 11.1 Å². The molecular weight excluding hydrogens is 534 g/mol. The Kier molecular flexibility index (Phi) is 13.2. The zero-order valence-corrected chi connectivity index (χ0v) is 26.6. The third-order valence-corrected chi connectivity index (χ3v) is 8.32. The largest absolute Gasteiger partial charge is 0.467 e. The highest BCUT2D eigenvalue weighted by Gasteiger charge is 2.25. The van der Waals surface area contributed by atoms with E-state index < -0.39 is 12.0 Å². The first-order chi connectivity index (χ1) is 19.6. The first-order valence-electron chi connectivity index (χ1n) is 14.9. The zero-order valence-electron chi connectivity index (χ0n) is 25.8. The highest BCUT2D eigenvalue weighted by molar-refractivity contribution is 7.98. The van der Waals surface area contributed by atoms with Gasteiger partial charge < -0.3 is 19.5 Å². The lowest BCUT2D eigenvalue weighted by molar-refractivity contribution is -0.142. The number of carbonyl (C=O) groups is 2. The smallest absolute Gasteiger partial charge is 0.328 e. The average molecular weight is 584 g/mol. The molecule has 3 rings (SSSR count). The molecule has 2 atom stereocenters. The summed E-state index contributed by atoms with van der Waals surface area (Å²) in [6, 6.07) is 13.2. The Morgan fingerprint density at radius 1 is 1.05 bits per heavy atom. The molecular formula is C34H49NO5S. The summed E-state index contributed by atoms with van der Waals surface area (Å²) >= 11 is 1.63. The standard InChI is InChI=1S/C34H49NO5S/c1-24-12-10-11-15-28(24)30-21-26(16-17-29(30)32(36)35-31(18-19-41-6)33(37)38-5)22-39-27(23-40-34(2,3)4)20-25-13-8-7-9-14-25/h10-12,15-17,21,25,27,31H,7-9,13-14,18-20,22-23H2,1-6H3,(H,35,36)/t27-,31?/m0/s1. The molecule has 7 heteroatoms. The van der Waals surface area contributed by atoms with Crippen LogP contribution in [0.25, 0.3) is 11.1 Å². The summed E-state index contributed by atoms with van der Waals surface area (Å²) < 4.78 is 17.6. The Morgan fingerprint density at radius 3 is 2.44 bits per heavy atom. The van der Waals surface area contributed by atoms with E-state index in [4.69, 9.17) is 14.2 Å². The maximum Gasteiger partial charge on any atom is 0.328 e. The van der Waals surface area contributed by atoms with Gasteiger partial charge in [-0.2, -0.15) is 11.8 Å². The van der Waals surface area contributed by atoms with E-state index in [0.29, 0.717) is 31.1 Å². The zero-order chi connectivity index (χ0) is 29.8. The quantitative estimate of drug-likeness (QED) is 0.234. The number of amides is 1. The maximum atomic E-state index is 13.5. The predicted octanol–water partition coefficient (Wildman–Crippen LogP) is 7.36. The Morgan fingerprint density at radius 2 is 1.78 bits per heavy atom. The Bertz CT molecular complexity index is 1120. The predicted molar refractivity (Wildman–Crippen MR) is 168 cm³/mol. The lowest BCUT2D eigenvalue weighted by Crippen LogP contribution is -2.42. The van der Waals surface area contributed by atoms with Crippen LogP contribution in [0.5, 0.6) is 0 Å². The van der Waals surface area contributed by atoms with Gasteiger partial charge in [-0.15, -0.1) is 0 Å². The molecule has 6 nitrogen and oxygen atoms in total. The summed E-state index contributed by atoms with van der Waals surface area (Å²) in [5.41, 5.74) is 4.17. The van der Waals surface area contributed by atoms with Crippen LogP contribution in [0.2, 0.25) is 0 Å². The molecule has 41 heavy (non-hydrogen) atoms. The molecule has 0 bridgehead atoms. The fraction of sp³-hybridized carbons (Fsp3) is 0.588. The van der Waals surface area contributed by atoms with Crippen LogP contribution < -0.4 is 5.32 Å². The van der Waals surface area contributed by atoms with E-state index in [1.165, 1.54) is 39.2 Å². The number of ether oxygens (including phenoxy) is 3. The maximum absolute atomic E-state index is 13.5. The molecule has 1 aliphatic rings. The molecule has 1 saturated carbocycles. The number of esters is 1. The first kappa shape index (κ1) is 33.2. The third-order valence-electron chi connectivity index (χ3n) is 7.67. The van der Waals surface area contributed by atoms with Crippen LogP contribution in [0.4, 0.5) is 0 Å². The van der Waals surface area contributed by atoms with Gasteiger partial charge in [0.05, 0.1) is 32.0 Å². The second-order valence-electron chi connectivity index (χ2n) is 12.1. The SMILES string of the molecule is COC(=O)C(CCSC)NC(=O)c1ccc(CO[C@H](COC(C)(C)C)CC2CCCCC2)cc1-c1ccccc1C. The van der Waals surface area contributed by atoms with Crippen molar-refractivity contribution in [3.05, 3.63) is 59.2 Å². The van der Waals surface area contributed by atoms with Crippen molar-refractivity contribution in [3.63, 3.8) is 0 Å². The second kappa shape index (κ2) is 16.3. The fourth-order valence-corrected chi connectivity index (χ4v) is 5.85. The Hall–Kier alpha value is -2.35. The summed E-state index contributed by atoms with van der Waals surface area (Å²) in [6.45, 7) is 9.28. The van der Waals surface area contributed by atoms with Crippen molar-refractivity contribution in [2.75, 3.05) is 25.7 Å². The summed E-state index contributed by atoms with van der Waals surface area (Å²) in [4.78, 5) is 25.9. The molecule has 226 valence electrons. The van der Waals surface area contributed by atoms with E-state index in [9.17, 15) is 9.59 Å². The van der Waals surface area contributed by atoms with E-state index in [0.717, 1.165) is 34.4 Å². The molecule has 2 aromatic carbocycles. The number of benzene rings is 2.